The smallest absolute Gasteiger partial charge is 0.341 e. The lowest BCUT2D eigenvalue weighted by Crippen LogP contribution is -2.42. The number of amides is 1. The minimum atomic E-state index is -4.48. The van der Waals surface area contributed by atoms with E-state index in [9.17, 15) is 23.1 Å². The van der Waals surface area contributed by atoms with Gasteiger partial charge in [-0.25, -0.2) is 13.2 Å². The Balaban J connectivity index is 1.74. The summed E-state index contributed by atoms with van der Waals surface area (Å²) in [7, 11) is -4.48. The van der Waals surface area contributed by atoms with Crippen molar-refractivity contribution in [1.82, 2.24) is 4.90 Å². The number of phenols is 1. The lowest BCUT2D eigenvalue weighted by atomic mass is 10.1. The monoisotopic (exact) mass is 516 g/mol. The third-order valence-corrected chi connectivity index (χ3v) is 7.06. The number of hydrogen-bond acceptors (Lipinski definition) is 6. The van der Waals surface area contributed by atoms with Gasteiger partial charge in [0, 0.05) is 18.7 Å². The molecule has 3 aromatic carbocycles. The molecular weight excluding hydrogens is 496 g/mol. The second-order valence-electron chi connectivity index (χ2n) is 7.82. The highest BCUT2D eigenvalue weighted by molar-refractivity contribution is 7.92. The molecule has 1 saturated heterocycles. The molecule has 0 atom stereocenters. The minimum absolute atomic E-state index is 0.0215. The highest BCUT2D eigenvalue weighted by Gasteiger charge is 2.28. The number of halogens is 1. The van der Waals surface area contributed by atoms with Crippen molar-refractivity contribution in [1.29, 1.82) is 0 Å². The zero-order valence-electron chi connectivity index (χ0n) is 18.3. The van der Waals surface area contributed by atoms with E-state index in [1.54, 1.807) is 6.07 Å². The van der Waals surface area contributed by atoms with Crippen LogP contribution in [0.1, 0.15) is 16.8 Å². The van der Waals surface area contributed by atoms with Crippen LogP contribution in [-0.2, 0) is 14.8 Å². The number of hydrogen-bond donors (Lipinski definition) is 3. The molecule has 0 aromatic heterocycles. The molecule has 1 aliphatic heterocycles. The number of anilines is 1. The number of phenolic OH excluding ortho intramolecular Hbond substituents is 1. The highest BCUT2D eigenvalue weighted by atomic mass is 35.5. The van der Waals surface area contributed by atoms with Crippen molar-refractivity contribution in [3.8, 4) is 22.6 Å². The molecule has 3 N–H and O–H groups in total. The van der Waals surface area contributed by atoms with Crippen LogP contribution in [0.2, 0.25) is 5.02 Å². The number of nitrogens with one attached hydrogen (secondary N) is 1. The van der Waals surface area contributed by atoms with Crippen molar-refractivity contribution in [2.75, 3.05) is 24.4 Å². The van der Waals surface area contributed by atoms with E-state index in [1.165, 1.54) is 23.1 Å². The molecule has 1 fully saturated rings. The zero-order valence-corrected chi connectivity index (χ0v) is 19.8. The number of rotatable bonds is 8. The molecule has 0 saturated carbocycles. The molecule has 0 spiro atoms. The van der Waals surface area contributed by atoms with Gasteiger partial charge < -0.3 is 19.8 Å². The molecule has 0 bridgehead atoms. The maximum absolute atomic E-state index is 13.3. The average molecular weight is 517 g/mol. The predicted octanol–water partition coefficient (Wildman–Crippen LogP) is 3.82. The number of nitrogens with zero attached hydrogens (tertiary/aromatic N) is 1. The summed E-state index contributed by atoms with van der Waals surface area (Å²) in [5.41, 5.74) is 1.39. The van der Waals surface area contributed by atoms with Crippen molar-refractivity contribution in [2.45, 2.75) is 11.3 Å². The van der Waals surface area contributed by atoms with E-state index in [0.29, 0.717) is 18.7 Å². The molecule has 0 unspecified atom stereocenters. The third-order valence-electron chi connectivity index (χ3n) is 5.39. The molecule has 1 heterocycles. The minimum Gasteiger partial charge on any atom is -0.505 e. The largest absolute Gasteiger partial charge is 0.505 e. The molecule has 1 aliphatic rings. The van der Waals surface area contributed by atoms with E-state index in [1.807, 2.05) is 30.3 Å². The number of sulfonamides is 1. The summed E-state index contributed by atoms with van der Waals surface area (Å²) in [5, 5.41) is 19.1. The quantitative estimate of drug-likeness (QED) is 0.414. The van der Waals surface area contributed by atoms with Crippen LogP contribution in [0.15, 0.2) is 65.6 Å². The molecule has 3 aromatic rings. The van der Waals surface area contributed by atoms with Gasteiger partial charge in [0.1, 0.15) is 10.6 Å². The molecule has 11 heteroatoms. The number of likely N-dealkylation sites (tertiary alicyclic amines) is 1. The second-order valence-corrected chi connectivity index (χ2v) is 9.87. The maximum atomic E-state index is 13.3. The van der Waals surface area contributed by atoms with Gasteiger partial charge in [0.05, 0.1) is 10.7 Å². The van der Waals surface area contributed by atoms with Crippen LogP contribution in [0.25, 0.3) is 11.1 Å². The number of aromatic hydroxyl groups is 1. The number of aliphatic carboxylic acids is 1. The normalized spacial score (nSPS) is 13.1. The van der Waals surface area contributed by atoms with E-state index in [0.717, 1.165) is 18.1 Å². The van der Waals surface area contributed by atoms with Crippen LogP contribution in [0.4, 0.5) is 5.69 Å². The maximum Gasteiger partial charge on any atom is 0.341 e. The van der Waals surface area contributed by atoms with Crippen LogP contribution in [0, 0.1) is 0 Å². The van der Waals surface area contributed by atoms with Gasteiger partial charge >= 0.3 is 5.97 Å². The number of carbonyl (C=O) groups excluding carboxylic acids is 1. The Bertz CT molecular complexity index is 1390. The van der Waals surface area contributed by atoms with Crippen LogP contribution in [-0.4, -0.2) is 55.1 Å². The Morgan fingerprint density at radius 1 is 1.03 bits per heavy atom. The summed E-state index contributed by atoms with van der Waals surface area (Å²) >= 11 is 6.06. The molecule has 35 heavy (non-hydrogen) atoms. The van der Waals surface area contributed by atoms with Crippen LogP contribution in [0.5, 0.6) is 11.5 Å². The fraction of sp³-hybridized carbons (Fsp3) is 0.167. The van der Waals surface area contributed by atoms with Gasteiger partial charge in [-0.1, -0.05) is 48.0 Å². The first-order valence-corrected chi connectivity index (χ1v) is 12.4. The van der Waals surface area contributed by atoms with Crippen LogP contribution in [0.3, 0.4) is 0 Å². The van der Waals surface area contributed by atoms with Crippen molar-refractivity contribution in [2.24, 2.45) is 0 Å². The Hall–Kier alpha value is -3.76. The number of ether oxygens (including phenoxy) is 1. The summed E-state index contributed by atoms with van der Waals surface area (Å²) in [4.78, 5) is 24.6. The molecule has 0 aliphatic carbocycles. The lowest BCUT2D eigenvalue weighted by molar-refractivity contribution is -0.139. The first-order chi connectivity index (χ1) is 16.7. The third kappa shape index (κ3) is 5.33. The Labute approximate surface area is 206 Å². The van der Waals surface area contributed by atoms with Crippen molar-refractivity contribution in [3.63, 3.8) is 0 Å². The predicted molar refractivity (Wildman–Crippen MR) is 129 cm³/mol. The average Bonchev–Trinajstić information content (AvgIpc) is 2.78. The Kier molecular flexibility index (Phi) is 6.86. The molecule has 4 rings (SSSR count). The number of carbonyl (C=O) groups is 2. The van der Waals surface area contributed by atoms with E-state index in [4.69, 9.17) is 21.4 Å². The second kappa shape index (κ2) is 9.85. The van der Waals surface area contributed by atoms with Gasteiger partial charge in [-0.2, -0.15) is 0 Å². The Morgan fingerprint density at radius 2 is 1.74 bits per heavy atom. The molecule has 0 radical (unpaired) electrons. The van der Waals surface area contributed by atoms with Gasteiger partial charge in [0.2, 0.25) is 0 Å². The molecule has 9 nitrogen and oxygen atoms in total. The van der Waals surface area contributed by atoms with Crippen LogP contribution >= 0.6 is 11.6 Å². The number of benzene rings is 3. The summed E-state index contributed by atoms with van der Waals surface area (Å²) in [6.07, 6.45) is 0.848. The van der Waals surface area contributed by atoms with E-state index in [2.05, 4.69) is 4.72 Å². The zero-order chi connectivity index (χ0) is 25.2. The van der Waals surface area contributed by atoms with Crippen molar-refractivity contribution in [3.05, 3.63) is 71.2 Å². The lowest BCUT2D eigenvalue weighted by Gasteiger charge is -2.31. The van der Waals surface area contributed by atoms with Crippen LogP contribution < -0.4 is 9.46 Å². The van der Waals surface area contributed by atoms with Crippen molar-refractivity contribution >= 4 is 39.2 Å². The summed E-state index contributed by atoms with van der Waals surface area (Å²) in [5.74, 6) is -2.39. The van der Waals surface area contributed by atoms with E-state index in [-0.39, 0.29) is 22.0 Å². The molecular formula is C24H21ClN2O7S. The van der Waals surface area contributed by atoms with Crippen molar-refractivity contribution < 1.29 is 33.0 Å². The topological polar surface area (TPSA) is 133 Å². The summed E-state index contributed by atoms with van der Waals surface area (Å²) in [6.45, 7) is 0.402. The summed E-state index contributed by atoms with van der Waals surface area (Å²) in [6, 6.07) is 16.0. The molecule has 182 valence electrons. The van der Waals surface area contributed by atoms with E-state index < -0.39 is 39.2 Å². The summed E-state index contributed by atoms with van der Waals surface area (Å²) < 4.78 is 34.2. The van der Waals surface area contributed by atoms with Gasteiger partial charge in [0.15, 0.2) is 12.4 Å². The van der Waals surface area contributed by atoms with Gasteiger partial charge in [-0.3, -0.25) is 9.52 Å². The first-order valence-electron chi connectivity index (χ1n) is 10.5. The van der Waals surface area contributed by atoms with Gasteiger partial charge in [-0.05, 0) is 41.8 Å². The first kappa shape index (κ1) is 24.4. The number of carboxylic acids is 1. The molecule has 1 amide bonds. The standard InChI is InChI=1S/C24H21ClN2O7S/c25-18-11-17(24(31)27-9-4-10-27)13-21(23(18)30)35(32,33)26-19-12-16(15-5-2-1-3-6-15)7-8-20(19)34-14-22(28)29/h1-3,5-8,11-13,26,30H,4,9-10,14H2,(H,28,29). The highest BCUT2D eigenvalue weighted by Crippen LogP contribution is 2.37. The Morgan fingerprint density at radius 3 is 2.37 bits per heavy atom. The SMILES string of the molecule is O=C(O)COc1ccc(-c2ccccc2)cc1NS(=O)(=O)c1cc(C(=O)N2CCC2)cc(Cl)c1O. The number of carboxylic acid groups (broad SMARTS) is 1. The fourth-order valence-electron chi connectivity index (χ4n) is 3.49. The van der Waals surface area contributed by atoms with E-state index >= 15 is 0 Å². The van der Waals surface area contributed by atoms with Gasteiger partial charge in [0.25, 0.3) is 15.9 Å². The van der Waals surface area contributed by atoms with Gasteiger partial charge in [-0.15, -0.1) is 0 Å². The fourth-order valence-corrected chi connectivity index (χ4v) is 4.97.